The molecular formula is C20H40N4O5Si2. The van der Waals surface area contributed by atoms with Gasteiger partial charge in [0.2, 0.25) is 5.82 Å². The molecule has 1 amide bonds. The van der Waals surface area contributed by atoms with E-state index in [1.807, 2.05) is 0 Å². The molecule has 0 spiro atoms. The molecule has 0 bridgehead atoms. The number of aliphatic hydroxyl groups excluding tert-OH is 1. The van der Waals surface area contributed by atoms with Gasteiger partial charge in [0, 0.05) is 0 Å². The van der Waals surface area contributed by atoms with Crippen LogP contribution in [0.5, 0.6) is 0 Å². The van der Waals surface area contributed by atoms with Gasteiger partial charge in [-0.2, -0.15) is 0 Å². The van der Waals surface area contributed by atoms with Crippen LogP contribution in [0.3, 0.4) is 0 Å². The summed E-state index contributed by atoms with van der Waals surface area (Å²) in [4.78, 5) is 15.4. The molecule has 2 rings (SSSR count). The molecular weight excluding hydrogens is 432 g/mol. The molecule has 1 saturated heterocycles. The Balaban J connectivity index is 2.30. The summed E-state index contributed by atoms with van der Waals surface area (Å²) in [6.07, 6.45) is -1.29. The van der Waals surface area contributed by atoms with E-state index in [4.69, 9.17) is 19.3 Å². The normalized spacial score (nSPS) is 24.6. The maximum Gasteiger partial charge on any atom is 0.288 e. The van der Waals surface area contributed by atoms with E-state index in [1.165, 1.54) is 11.0 Å². The van der Waals surface area contributed by atoms with Crippen molar-refractivity contribution in [2.24, 2.45) is 5.73 Å². The Kier molecular flexibility index (Phi) is 9.40. The number of aromatic nitrogens is 3. The average molecular weight is 473 g/mol. The Hall–Kier alpha value is -1.12. The van der Waals surface area contributed by atoms with Gasteiger partial charge in [0.1, 0.15) is 24.6 Å². The summed E-state index contributed by atoms with van der Waals surface area (Å²) in [6, 6.07) is 5.90. The van der Waals surface area contributed by atoms with Crippen molar-refractivity contribution >= 4 is 22.5 Å². The molecule has 9 nitrogen and oxygen atoms in total. The first kappa shape index (κ1) is 26.1. The van der Waals surface area contributed by atoms with Gasteiger partial charge < -0.3 is 24.4 Å². The van der Waals surface area contributed by atoms with Gasteiger partial charge in [-0.1, -0.05) is 41.5 Å². The predicted octanol–water partition coefficient (Wildman–Crippen LogP) is 3.05. The van der Waals surface area contributed by atoms with Gasteiger partial charge in [-0.25, -0.2) is 9.67 Å². The zero-order valence-electron chi connectivity index (χ0n) is 19.8. The van der Waals surface area contributed by atoms with Gasteiger partial charge in [-0.3, -0.25) is 4.79 Å². The highest BCUT2D eigenvalue weighted by Crippen LogP contribution is 2.37. The fourth-order valence-corrected chi connectivity index (χ4v) is 9.77. The number of carbonyl (C=O) groups excluding carboxylic acids is 1. The van der Waals surface area contributed by atoms with Crippen molar-refractivity contribution in [1.29, 1.82) is 0 Å². The summed E-state index contributed by atoms with van der Waals surface area (Å²) >= 11 is 0. The third-order valence-corrected chi connectivity index (χ3v) is 16.4. The SMILES string of the molecule is CC[Si](CC)(CC)OC[C@H]1O[C@@H](n2cnc(C(N)=O)n2)[C@H](O[Si](CC)(CC)CC)[C@@H]1O. The molecule has 31 heavy (non-hydrogen) atoms. The third-order valence-electron chi connectivity index (χ3n) is 7.11. The van der Waals surface area contributed by atoms with Crippen LogP contribution in [0.1, 0.15) is 58.4 Å². The Morgan fingerprint density at radius 1 is 1.10 bits per heavy atom. The number of hydrogen-bond acceptors (Lipinski definition) is 7. The molecule has 1 aliphatic heterocycles. The quantitative estimate of drug-likeness (QED) is 0.423. The number of amides is 1. The van der Waals surface area contributed by atoms with Gasteiger partial charge in [0.05, 0.1) is 6.61 Å². The van der Waals surface area contributed by atoms with E-state index < -0.39 is 47.1 Å². The van der Waals surface area contributed by atoms with Crippen molar-refractivity contribution in [2.45, 2.75) is 102 Å². The highest BCUT2D eigenvalue weighted by molar-refractivity contribution is 6.74. The van der Waals surface area contributed by atoms with E-state index in [0.717, 1.165) is 36.3 Å². The number of nitrogens with zero attached hydrogens (tertiary/aromatic N) is 3. The van der Waals surface area contributed by atoms with E-state index in [2.05, 4.69) is 51.6 Å². The van der Waals surface area contributed by atoms with Crippen molar-refractivity contribution in [3.8, 4) is 0 Å². The first-order valence-electron chi connectivity index (χ1n) is 11.6. The average Bonchev–Trinajstić information content (AvgIpc) is 3.39. The topological polar surface area (TPSA) is 122 Å². The summed E-state index contributed by atoms with van der Waals surface area (Å²) in [5, 5.41) is 15.4. The van der Waals surface area contributed by atoms with Gasteiger partial charge >= 0.3 is 0 Å². The van der Waals surface area contributed by atoms with Gasteiger partial charge in [0.25, 0.3) is 5.91 Å². The molecule has 11 heteroatoms. The van der Waals surface area contributed by atoms with Crippen LogP contribution in [-0.2, 0) is 13.6 Å². The number of aliphatic hydroxyl groups is 1. The number of nitrogens with two attached hydrogens (primary N) is 1. The second kappa shape index (κ2) is 11.1. The molecule has 2 heterocycles. The number of carbonyl (C=O) groups is 1. The van der Waals surface area contributed by atoms with Crippen molar-refractivity contribution in [3.63, 3.8) is 0 Å². The number of rotatable bonds is 13. The third kappa shape index (κ3) is 5.63. The first-order chi connectivity index (χ1) is 14.7. The monoisotopic (exact) mass is 472 g/mol. The first-order valence-corrected chi connectivity index (χ1v) is 16.7. The van der Waals surface area contributed by atoms with Crippen LogP contribution >= 0.6 is 0 Å². The van der Waals surface area contributed by atoms with Gasteiger partial charge in [0.15, 0.2) is 22.9 Å². The highest BCUT2D eigenvalue weighted by atomic mass is 28.4. The van der Waals surface area contributed by atoms with Crippen molar-refractivity contribution in [1.82, 2.24) is 14.8 Å². The number of ether oxygens (including phenoxy) is 1. The summed E-state index contributed by atoms with van der Waals surface area (Å²) in [5.74, 6) is -0.797. The minimum atomic E-state index is -2.05. The molecule has 0 aromatic carbocycles. The standard InChI is InChI=1S/C20H40N4O5Si2/c1-7-30(8-2,9-3)27-13-15-16(25)17(29-31(10-4,11-5)12-6)20(28-15)24-14-22-19(23-24)18(21)26/h14-17,20,25H,7-13H2,1-6H3,(H2,21,26)/t15-,16-,17-,20-/m1/s1. The Labute approximate surface area is 187 Å². The van der Waals surface area contributed by atoms with Crippen LogP contribution in [0.4, 0.5) is 0 Å². The van der Waals surface area contributed by atoms with E-state index in [1.54, 1.807) is 0 Å². The van der Waals surface area contributed by atoms with Crippen molar-refractivity contribution in [2.75, 3.05) is 6.61 Å². The van der Waals surface area contributed by atoms with E-state index in [-0.39, 0.29) is 5.82 Å². The van der Waals surface area contributed by atoms with Crippen LogP contribution in [0.2, 0.25) is 36.3 Å². The summed E-state index contributed by atoms with van der Waals surface area (Å²) in [7, 11) is -3.88. The summed E-state index contributed by atoms with van der Waals surface area (Å²) in [5.41, 5.74) is 5.32. The predicted molar refractivity (Wildman–Crippen MR) is 124 cm³/mol. The molecule has 1 aliphatic rings. The maximum absolute atomic E-state index is 11.5. The van der Waals surface area contributed by atoms with E-state index >= 15 is 0 Å². The minimum Gasteiger partial charge on any atom is -0.414 e. The smallest absolute Gasteiger partial charge is 0.288 e. The zero-order valence-corrected chi connectivity index (χ0v) is 21.8. The zero-order chi connectivity index (χ0) is 23.2. The van der Waals surface area contributed by atoms with Crippen molar-refractivity contribution < 1.29 is 23.5 Å². The van der Waals surface area contributed by atoms with E-state index in [9.17, 15) is 9.90 Å². The van der Waals surface area contributed by atoms with Gasteiger partial charge in [-0.05, 0) is 36.3 Å². The lowest BCUT2D eigenvalue weighted by Gasteiger charge is -2.34. The minimum absolute atomic E-state index is 0.0871. The fraction of sp³-hybridized carbons (Fsp3) is 0.850. The molecule has 1 aromatic rings. The van der Waals surface area contributed by atoms with Crippen LogP contribution in [0.15, 0.2) is 6.33 Å². The molecule has 0 radical (unpaired) electrons. The lowest BCUT2D eigenvalue weighted by Crippen LogP contribution is -2.47. The molecule has 0 unspecified atom stereocenters. The Morgan fingerprint density at radius 2 is 1.65 bits per heavy atom. The van der Waals surface area contributed by atoms with E-state index in [0.29, 0.717) is 6.61 Å². The van der Waals surface area contributed by atoms with Crippen LogP contribution in [-0.4, -0.2) is 67.3 Å². The number of hydrogen-bond donors (Lipinski definition) is 2. The van der Waals surface area contributed by atoms with Crippen LogP contribution < -0.4 is 5.73 Å². The molecule has 1 aromatic heterocycles. The van der Waals surface area contributed by atoms with Crippen LogP contribution in [0, 0.1) is 0 Å². The second-order valence-corrected chi connectivity index (χ2v) is 17.8. The lowest BCUT2D eigenvalue weighted by atomic mass is 10.1. The number of primary amides is 1. The molecule has 178 valence electrons. The fourth-order valence-electron chi connectivity index (χ4n) is 4.31. The van der Waals surface area contributed by atoms with Gasteiger partial charge in [-0.15, -0.1) is 5.10 Å². The maximum atomic E-state index is 11.5. The summed E-state index contributed by atoms with van der Waals surface area (Å²) < 4.78 is 20.7. The molecule has 1 fully saturated rings. The van der Waals surface area contributed by atoms with Crippen LogP contribution in [0.25, 0.3) is 0 Å². The second-order valence-electron chi connectivity index (χ2n) is 8.35. The summed E-state index contributed by atoms with van der Waals surface area (Å²) in [6.45, 7) is 13.2. The Bertz CT molecular complexity index is 695. The molecule has 0 saturated carbocycles. The van der Waals surface area contributed by atoms with Crippen molar-refractivity contribution in [3.05, 3.63) is 12.2 Å². The Morgan fingerprint density at radius 3 is 2.10 bits per heavy atom. The molecule has 4 atom stereocenters. The molecule has 0 aliphatic carbocycles. The lowest BCUT2D eigenvalue weighted by molar-refractivity contribution is -0.0548. The molecule has 3 N–H and O–H groups in total. The largest absolute Gasteiger partial charge is 0.414 e. The highest BCUT2D eigenvalue weighted by Gasteiger charge is 2.50.